The van der Waals surface area contributed by atoms with E-state index in [1.165, 1.54) is 18.2 Å². The summed E-state index contributed by atoms with van der Waals surface area (Å²) in [6.45, 7) is 3.10. The molecule has 3 rings (SSSR count). The van der Waals surface area contributed by atoms with Crippen molar-refractivity contribution in [1.82, 2.24) is 10.2 Å². The van der Waals surface area contributed by atoms with Crippen LogP contribution in [0.4, 0.5) is 13.2 Å². The summed E-state index contributed by atoms with van der Waals surface area (Å²) in [6, 6.07) is 5.24. The zero-order chi connectivity index (χ0) is 15.0. The number of nitrogens with zero attached hydrogens (tertiary/aromatic N) is 1. The van der Waals surface area contributed by atoms with Gasteiger partial charge in [0.15, 0.2) is 0 Å². The molecule has 2 aliphatic rings. The fraction of sp³-hybridized carbons (Fsp3) is 0.500. The normalized spacial score (nSPS) is 25.0. The highest BCUT2D eigenvalue weighted by Crippen LogP contribution is 2.29. The molecular formula is C14H15F3N2O2. The Morgan fingerprint density at radius 2 is 1.90 bits per heavy atom. The number of hydrogen-bond donors (Lipinski definition) is 1. The zero-order valence-electron chi connectivity index (χ0n) is 11.2. The van der Waals surface area contributed by atoms with Crippen LogP contribution in [0.2, 0.25) is 0 Å². The largest absolute Gasteiger partial charge is 0.573 e. The average Bonchev–Trinajstić information content (AvgIpc) is 2.96. The smallest absolute Gasteiger partial charge is 0.406 e. The Hall–Kier alpha value is -1.76. The van der Waals surface area contributed by atoms with Crippen LogP contribution in [0.25, 0.3) is 0 Å². The molecule has 2 aliphatic heterocycles. The van der Waals surface area contributed by atoms with Gasteiger partial charge in [-0.3, -0.25) is 4.79 Å². The van der Waals surface area contributed by atoms with E-state index in [0.717, 1.165) is 19.2 Å². The van der Waals surface area contributed by atoms with Crippen LogP contribution in [0.5, 0.6) is 5.75 Å². The van der Waals surface area contributed by atoms with Crippen molar-refractivity contribution >= 4 is 5.91 Å². The van der Waals surface area contributed by atoms with Gasteiger partial charge in [-0.15, -0.1) is 13.2 Å². The number of likely N-dealkylation sites (tertiary alicyclic amines) is 1. The number of halogens is 3. The molecule has 0 unspecified atom stereocenters. The maximum absolute atomic E-state index is 12.4. The molecule has 2 atom stereocenters. The predicted octanol–water partition coefficient (Wildman–Crippen LogP) is 1.88. The summed E-state index contributed by atoms with van der Waals surface area (Å²) < 4.78 is 40.5. The lowest BCUT2D eigenvalue weighted by molar-refractivity contribution is -0.274. The van der Waals surface area contributed by atoms with E-state index >= 15 is 0 Å². The molecule has 2 saturated heterocycles. The fourth-order valence-electron chi connectivity index (χ4n) is 3.03. The third-order valence-electron chi connectivity index (χ3n) is 3.99. The number of nitrogens with one attached hydrogen (secondary N) is 1. The molecule has 0 bridgehead atoms. The van der Waals surface area contributed by atoms with E-state index in [1.54, 1.807) is 4.90 Å². The van der Waals surface area contributed by atoms with Crippen LogP contribution in [-0.4, -0.2) is 43.3 Å². The van der Waals surface area contributed by atoms with Gasteiger partial charge < -0.3 is 15.0 Å². The number of hydrogen-bond acceptors (Lipinski definition) is 3. The topological polar surface area (TPSA) is 41.6 Å². The first-order valence-corrected chi connectivity index (χ1v) is 6.78. The summed E-state index contributed by atoms with van der Waals surface area (Å²) >= 11 is 0. The van der Waals surface area contributed by atoms with Crippen LogP contribution < -0.4 is 10.1 Å². The Labute approximate surface area is 119 Å². The molecule has 1 amide bonds. The van der Waals surface area contributed by atoms with Gasteiger partial charge in [-0.05, 0) is 30.0 Å². The highest BCUT2D eigenvalue weighted by molar-refractivity contribution is 5.94. The van der Waals surface area contributed by atoms with E-state index < -0.39 is 6.36 Å². The minimum atomic E-state index is -4.75. The van der Waals surface area contributed by atoms with Crippen molar-refractivity contribution in [3.05, 3.63) is 29.8 Å². The highest BCUT2D eigenvalue weighted by Gasteiger charge is 2.38. The van der Waals surface area contributed by atoms with Crippen molar-refractivity contribution < 1.29 is 22.7 Å². The van der Waals surface area contributed by atoms with Gasteiger partial charge in [0.25, 0.3) is 5.91 Å². The molecule has 1 N–H and O–H groups in total. The molecule has 114 valence electrons. The van der Waals surface area contributed by atoms with Crippen LogP contribution in [0.3, 0.4) is 0 Å². The summed E-state index contributed by atoms with van der Waals surface area (Å²) in [6.07, 6.45) is -4.75. The molecule has 0 radical (unpaired) electrons. The Bertz CT molecular complexity index is 535. The van der Waals surface area contributed by atoms with Gasteiger partial charge in [0.2, 0.25) is 0 Å². The minimum Gasteiger partial charge on any atom is -0.406 e. The molecule has 0 aliphatic carbocycles. The SMILES string of the molecule is O=C(c1cccc(OC(F)(F)F)c1)N1C[C@H]2CNC[C@H]2C1. The number of fused-ring (bicyclic) bond motifs is 1. The Morgan fingerprint density at radius 3 is 2.52 bits per heavy atom. The second-order valence-electron chi connectivity index (χ2n) is 5.46. The van der Waals surface area contributed by atoms with Crippen molar-refractivity contribution in [1.29, 1.82) is 0 Å². The molecular weight excluding hydrogens is 285 g/mol. The summed E-state index contributed by atoms with van der Waals surface area (Å²) in [7, 11) is 0. The van der Waals surface area contributed by atoms with E-state index in [0.29, 0.717) is 24.9 Å². The van der Waals surface area contributed by atoms with Crippen molar-refractivity contribution in [2.24, 2.45) is 11.8 Å². The van der Waals surface area contributed by atoms with Crippen molar-refractivity contribution in [3.63, 3.8) is 0 Å². The quantitative estimate of drug-likeness (QED) is 0.906. The van der Waals surface area contributed by atoms with Crippen molar-refractivity contribution in [2.75, 3.05) is 26.2 Å². The van der Waals surface area contributed by atoms with Gasteiger partial charge in [-0.1, -0.05) is 6.07 Å². The number of carbonyl (C=O) groups is 1. The van der Waals surface area contributed by atoms with Crippen molar-refractivity contribution in [3.8, 4) is 5.75 Å². The number of alkyl halides is 3. The van der Waals surface area contributed by atoms with Crippen LogP contribution >= 0.6 is 0 Å². The maximum Gasteiger partial charge on any atom is 0.573 e. The minimum absolute atomic E-state index is 0.227. The Balaban J connectivity index is 1.72. The lowest BCUT2D eigenvalue weighted by Gasteiger charge is -2.18. The van der Waals surface area contributed by atoms with Gasteiger partial charge in [-0.2, -0.15) is 0 Å². The molecule has 2 heterocycles. The van der Waals surface area contributed by atoms with E-state index in [2.05, 4.69) is 10.1 Å². The first-order chi connectivity index (χ1) is 9.92. The van der Waals surface area contributed by atoms with E-state index in [4.69, 9.17) is 0 Å². The van der Waals surface area contributed by atoms with Crippen LogP contribution in [0, 0.1) is 11.8 Å². The van der Waals surface area contributed by atoms with Gasteiger partial charge in [-0.25, -0.2) is 0 Å². The molecule has 2 fully saturated rings. The van der Waals surface area contributed by atoms with Gasteiger partial charge in [0.1, 0.15) is 5.75 Å². The van der Waals surface area contributed by atoms with E-state index in [1.807, 2.05) is 0 Å². The number of amides is 1. The first kappa shape index (κ1) is 14.2. The Morgan fingerprint density at radius 1 is 1.24 bits per heavy atom. The maximum atomic E-state index is 12.4. The van der Waals surface area contributed by atoms with Gasteiger partial charge in [0, 0.05) is 31.7 Å². The molecule has 0 saturated carbocycles. The Kier molecular flexibility index (Phi) is 3.52. The number of benzene rings is 1. The lowest BCUT2D eigenvalue weighted by Crippen LogP contribution is -2.31. The van der Waals surface area contributed by atoms with Crippen LogP contribution in [0.15, 0.2) is 24.3 Å². The summed E-state index contributed by atoms with van der Waals surface area (Å²) in [5.41, 5.74) is 0.227. The lowest BCUT2D eigenvalue weighted by atomic mass is 10.0. The van der Waals surface area contributed by atoms with Crippen LogP contribution in [-0.2, 0) is 0 Å². The highest BCUT2D eigenvalue weighted by atomic mass is 19.4. The predicted molar refractivity (Wildman–Crippen MR) is 68.9 cm³/mol. The van der Waals surface area contributed by atoms with E-state index in [9.17, 15) is 18.0 Å². The standard InChI is InChI=1S/C14H15F3N2O2/c15-14(16,17)21-12-3-1-2-9(4-12)13(20)19-7-10-5-18-6-11(10)8-19/h1-4,10-11,18H,5-8H2/t10-,11+. The third kappa shape index (κ3) is 3.12. The molecule has 4 nitrogen and oxygen atoms in total. The fourth-order valence-corrected chi connectivity index (χ4v) is 3.03. The zero-order valence-corrected chi connectivity index (χ0v) is 11.2. The van der Waals surface area contributed by atoms with Crippen molar-refractivity contribution in [2.45, 2.75) is 6.36 Å². The van der Waals surface area contributed by atoms with Gasteiger partial charge >= 0.3 is 6.36 Å². The van der Waals surface area contributed by atoms with Gasteiger partial charge in [0.05, 0.1) is 0 Å². The summed E-state index contributed by atoms with van der Waals surface area (Å²) in [5.74, 6) is 0.290. The monoisotopic (exact) mass is 300 g/mol. The molecule has 0 aromatic heterocycles. The molecule has 1 aromatic rings. The molecule has 21 heavy (non-hydrogen) atoms. The second kappa shape index (κ2) is 5.22. The summed E-state index contributed by atoms with van der Waals surface area (Å²) in [5, 5.41) is 3.28. The van der Waals surface area contributed by atoms with Crippen LogP contribution in [0.1, 0.15) is 10.4 Å². The number of ether oxygens (including phenoxy) is 1. The molecule has 1 aromatic carbocycles. The first-order valence-electron chi connectivity index (χ1n) is 6.78. The number of carbonyl (C=O) groups excluding carboxylic acids is 1. The van der Waals surface area contributed by atoms with E-state index in [-0.39, 0.29) is 17.2 Å². The molecule has 0 spiro atoms. The molecule has 7 heteroatoms. The third-order valence-corrected chi connectivity index (χ3v) is 3.99. The second-order valence-corrected chi connectivity index (χ2v) is 5.46. The average molecular weight is 300 g/mol. The summed E-state index contributed by atoms with van der Waals surface area (Å²) in [4.78, 5) is 14.1. The number of rotatable bonds is 2.